The number of aldehydes is 1. The van der Waals surface area contributed by atoms with E-state index >= 15 is 0 Å². The Morgan fingerprint density at radius 1 is 1.25 bits per heavy atom. The fraction of sp³-hybridized carbons (Fsp3) is 0.462. The molecular weight excluding hydrogens is 202 g/mol. The van der Waals surface area contributed by atoms with Gasteiger partial charge in [-0.05, 0) is 45.1 Å². The molecule has 16 heavy (non-hydrogen) atoms. The van der Waals surface area contributed by atoms with Crippen LogP contribution in [-0.2, 0) is 0 Å². The zero-order valence-corrected chi connectivity index (χ0v) is 9.72. The largest absolute Gasteiger partial charge is 0.508 e. The molecule has 1 aromatic rings. The van der Waals surface area contributed by atoms with Crippen LogP contribution in [0.5, 0.6) is 5.75 Å². The molecule has 1 saturated heterocycles. The zero-order valence-electron chi connectivity index (χ0n) is 9.72. The normalized spacial score (nSPS) is 16.1. The molecule has 2 rings (SSSR count). The standard InChI is InChI=1S/C7H6O2.C6H13N/c8-5-6-2-1-3-7(9)4-6;1-7-5-3-2-4-6-7/h1-5,9H;2-6H2,1H3. The van der Waals surface area contributed by atoms with Gasteiger partial charge in [0.25, 0.3) is 0 Å². The molecule has 88 valence electrons. The van der Waals surface area contributed by atoms with Crippen LogP contribution in [0, 0.1) is 0 Å². The Balaban J connectivity index is 0.000000165. The van der Waals surface area contributed by atoms with E-state index in [1.165, 1.54) is 44.5 Å². The summed E-state index contributed by atoms with van der Waals surface area (Å²) in [5.41, 5.74) is 0.495. The van der Waals surface area contributed by atoms with Crippen LogP contribution in [0.1, 0.15) is 29.6 Å². The highest BCUT2D eigenvalue weighted by molar-refractivity contribution is 5.75. The van der Waals surface area contributed by atoms with E-state index in [0.717, 1.165) is 0 Å². The maximum atomic E-state index is 10.0. The Hall–Kier alpha value is -1.35. The molecule has 1 aromatic carbocycles. The number of nitrogens with zero attached hydrogens (tertiary/aromatic N) is 1. The van der Waals surface area contributed by atoms with Crippen molar-refractivity contribution in [1.82, 2.24) is 4.90 Å². The summed E-state index contributed by atoms with van der Waals surface area (Å²) in [5, 5.41) is 8.79. The van der Waals surface area contributed by atoms with Gasteiger partial charge in [-0.1, -0.05) is 18.6 Å². The van der Waals surface area contributed by atoms with Gasteiger partial charge in [-0.3, -0.25) is 4.79 Å². The smallest absolute Gasteiger partial charge is 0.150 e. The molecule has 0 bridgehead atoms. The van der Waals surface area contributed by atoms with Crippen molar-refractivity contribution in [2.24, 2.45) is 0 Å². The molecule has 0 radical (unpaired) electrons. The molecule has 1 aliphatic heterocycles. The van der Waals surface area contributed by atoms with Gasteiger partial charge in [-0.2, -0.15) is 0 Å². The van der Waals surface area contributed by atoms with Crippen LogP contribution in [0.25, 0.3) is 0 Å². The number of benzene rings is 1. The predicted octanol–water partition coefficient (Wildman–Crippen LogP) is 2.31. The van der Waals surface area contributed by atoms with Crippen LogP contribution < -0.4 is 0 Å². The summed E-state index contributed by atoms with van der Waals surface area (Å²) in [6.07, 6.45) is 4.97. The van der Waals surface area contributed by atoms with Gasteiger partial charge in [-0.25, -0.2) is 0 Å². The van der Waals surface area contributed by atoms with E-state index in [4.69, 9.17) is 5.11 Å². The molecule has 0 spiro atoms. The van der Waals surface area contributed by atoms with Crippen LogP contribution in [0.3, 0.4) is 0 Å². The summed E-state index contributed by atoms with van der Waals surface area (Å²) < 4.78 is 0. The topological polar surface area (TPSA) is 40.5 Å². The number of hydrogen-bond acceptors (Lipinski definition) is 3. The lowest BCUT2D eigenvalue weighted by Crippen LogP contribution is -2.24. The number of phenolic OH excluding ortho intramolecular Hbond substituents is 1. The molecule has 0 atom stereocenters. The van der Waals surface area contributed by atoms with Crippen LogP contribution in [0.2, 0.25) is 0 Å². The van der Waals surface area contributed by atoms with E-state index in [0.29, 0.717) is 11.8 Å². The molecule has 0 aromatic heterocycles. The van der Waals surface area contributed by atoms with Gasteiger partial charge >= 0.3 is 0 Å². The van der Waals surface area contributed by atoms with E-state index in [-0.39, 0.29) is 5.75 Å². The molecule has 1 fully saturated rings. The Kier molecular flexibility index (Phi) is 5.57. The number of hydrogen-bond donors (Lipinski definition) is 1. The van der Waals surface area contributed by atoms with E-state index in [1.807, 2.05) is 0 Å². The minimum Gasteiger partial charge on any atom is -0.508 e. The van der Waals surface area contributed by atoms with Crippen molar-refractivity contribution in [1.29, 1.82) is 0 Å². The van der Waals surface area contributed by atoms with E-state index in [2.05, 4.69) is 11.9 Å². The molecule has 1 aliphatic rings. The lowest BCUT2D eigenvalue weighted by Gasteiger charge is -2.20. The van der Waals surface area contributed by atoms with Crippen molar-refractivity contribution in [3.8, 4) is 5.75 Å². The summed E-state index contributed by atoms with van der Waals surface area (Å²) in [7, 11) is 2.19. The Morgan fingerprint density at radius 2 is 1.94 bits per heavy atom. The van der Waals surface area contributed by atoms with Gasteiger partial charge < -0.3 is 10.0 Å². The zero-order chi connectivity index (χ0) is 11.8. The Bertz CT molecular complexity index is 319. The fourth-order valence-corrected chi connectivity index (χ4v) is 1.65. The van der Waals surface area contributed by atoms with E-state index in [1.54, 1.807) is 12.1 Å². The first-order valence-corrected chi connectivity index (χ1v) is 5.65. The van der Waals surface area contributed by atoms with Crippen molar-refractivity contribution in [2.45, 2.75) is 19.3 Å². The maximum absolute atomic E-state index is 10.0. The summed E-state index contributed by atoms with van der Waals surface area (Å²) >= 11 is 0. The maximum Gasteiger partial charge on any atom is 0.150 e. The van der Waals surface area contributed by atoms with Gasteiger partial charge in [0.2, 0.25) is 0 Å². The number of likely N-dealkylation sites (tertiary alicyclic amines) is 1. The molecule has 1 heterocycles. The SMILES string of the molecule is CN1CCCCC1.O=Cc1cccc(O)c1. The first-order chi connectivity index (χ1) is 7.72. The third kappa shape index (κ3) is 4.94. The quantitative estimate of drug-likeness (QED) is 0.740. The summed E-state index contributed by atoms with van der Waals surface area (Å²) in [5.74, 6) is 0.125. The Labute approximate surface area is 96.7 Å². The number of piperidine rings is 1. The van der Waals surface area contributed by atoms with Crippen molar-refractivity contribution >= 4 is 6.29 Å². The summed E-state index contributed by atoms with van der Waals surface area (Å²) in [6.45, 7) is 2.64. The average molecular weight is 221 g/mol. The fourth-order valence-electron chi connectivity index (χ4n) is 1.65. The second-order valence-electron chi connectivity index (χ2n) is 4.08. The monoisotopic (exact) mass is 221 g/mol. The van der Waals surface area contributed by atoms with Gasteiger partial charge in [0.15, 0.2) is 0 Å². The number of carbonyl (C=O) groups is 1. The summed E-state index contributed by atoms with van der Waals surface area (Å²) in [4.78, 5) is 12.4. The molecule has 3 heteroatoms. The Morgan fingerprint density at radius 3 is 2.31 bits per heavy atom. The molecule has 0 amide bonds. The second-order valence-corrected chi connectivity index (χ2v) is 4.08. The van der Waals surface area contributed by atoms with Crippen LogP contribution in [-0.4, -0.2) is 36.4 Å². The van der Waals surface area contributed by atoms with Crippen molar-refractivity contribution in [3.63, 3.8) is 0 Å². The van der Waals surface area contributed by atoms with Crippen molar-refractivity contribution in [3.05, 3.63) is 29.8 Å². The van der Waals surface area contributed by atoms with Crippen LogP contribution >= 0.6 is 0 Å². The summed E-state index contributed by atoms with van der Waals surface area (Å²) in [6, 6.07) is 6.19. The molecule has 0 unspecified atom stereocenters. The highest BCUT2D eigenvalue weighted by Gasteiger charge is 2.02. The third-order valence-corrected chi connectivity index (χ3v) is 2.59. The van der Waals surface area contributed by atoms with Crippen LogP contribution in [0.4, 0.5) is 0 Å². The van der Waals surface area contributed by atoms with Gasteiger partial charge in [0, 0.05) is 5.56 Å². The minimum atomic E-state index is 0.125. The predicted molar refractivity (Wildman–Crippen MR) is 64.8 cm³/mol. The molecule has 3 nitrogen and oxygen atoms in total. The highest BCUT2D eigenvalue weighted by atomic mass is 16.3. The first kappa shape index (κ1) is 12.7. The molecular formula is C13H19NO2. The van der Waals surface area contributed by atoms with E-state index in [9.17, 15) is 4.79 Å². The van der Waals surface area contributed by atoms with E-state index < -0.39 is 0 Å². The van der Waals surface area contributed by atoms with Crippen molar-refractivity contribution < 1.29 is 9.90 Å². The average Bonchev–Trinajstić information content (AvgIpc) is 2.31. The molecule has 0 aliphatic carbocycles. The first-order valence-electron chi connectivity index (χ1n) is 5.65. The number of rotatable bonds is 1. The molecule has 0 saturated carbocycles. The highest BCUT2D eigenvalue weighted by Crippen LogP contribution is 2.08. The van der Waals surface area contributed by atoms with Crippen molar-refractivity contribution in [2.75, 3.05) is 20.1 Å². The van der Waals surface area contributed by atoms with Gasteiger partial charge in [-0.15, -0.1) is 0 Å². The van der Waals surface area contributed by atoms with Crippen LogP contribution in [0.15, 0.2) is 24.3 Å². The molecule has 1 N–H and O–H groups in total. The van der Waals surface area contributed by atoms with Gasteiger partial charge in [0.1, 0.15) is 12.0 Å². The lowest BCUT2D eigenvalue weighted by molar-refractivity contribution is 0.112. The number of phenols is 1. The minimum absolute atomic E-state index is 0.125. The lowest BCUT2D eigenvalue weighted by atomic mass is 10.1. The van der Waals surface area contributed by atoms with Gasteiger partial charge in [0.05, 0.1) is 0 Å². The second kappa shape index (κ2) is 7.01. The number of aromatic hydroxyl groups is 1. The number of carbonyl (C=O) groups excluding carboxylic acids is 1. The third-order valence-electron chi connectivity index (χ3n) is 2.59.